The first-order valence-corrected chi connectivity index (χ1v) is 11.4. The molecule has 0 saturated carbocycles. The highest BCUT2D eigenvalue weighted by Crippen LogP contribution is 2.43. The lowest BCUT2D eigenvalue weighted by Crippen LogP contribution is -2.55. The van der Waals surface area contributed by atoms with Crippen LogP contribution in [0.4, 0.5) is 10.5 Å². The molecule has 0 N–H and O–H groups in total. The predicted octanol–water partition coefficient (Wildman–Crippen LogP) is 2.48. The quantitative estimate of drug-likeness (QED) is 0.546. The summed E-state index contributed by atoms with van der Waals surface area (Å²) in [7, 11) is 1.58. The number of nitrogens with zero attached hydrogens (tertiary/aromatic N) is 5. The van der Waals surface area contributed by atoms with Crippen molar-refractivity contribution in [1.82, 2.24) is 14.8 Å². The van der Waals surface area contributed by atoms with Crippen molar-refractivity contribution in [3.05, 3.63) is 66.0 Å². The average Bonchev–Trinajstić information content (AvgIpc) is 3.55. The number of piperazine rings is 1. The highest BCUT2D eigenvalue weighted by Gasteiger charge is 2.63. The molecular weight excluding hydrogens is 446 g/mol. The number of rotatable bonds is 4. The van der Waals surface area contributed by atoms with Crippen LogP contribution in [-0.4, -0.2) is 64.4 Å². The largest absolute Gasteiger partial charge is 0.497 e. The van der Waals surface area contributed by atoms with Gasteiger partial charge in [0, 0.05) is 17.3 Å². The molecule has 3 unspecified atom stereocenters. The summed E-state index contributed by atoms with van der Waals surface area (Å²) in [5.41, 5.74) is 1.43. The number of hydrogen-bond donors (Lipinski definition) is 0. The van der Waals surface area contributed by atoms with Crippen molar-refractivity contribution in [2.75, 3.05) is 18.6 Å². The van der Waals surface area contributed by atoms with Crippen molar-refractivity contribution in [2.45, 2.75) is 31.0 Å². The number of urea groups is 1. The van der Waals surface area contributed by atoms with Crippen LogP contribution in [0.1, 0.15) is 17.7 Å². The molecule has 3 aromatic rings. The van der Waals surface area contributed by atoms with Crippen LogP contribution in [0.25, 0.3) is 10.8 Å². The zero-order chi connectivity index (χ0) is 24.3. The second kappa shape index (κ2) is 7.81. The van der Waals surface area contributed by atoms with Crippen molar-refractivity contribution in [1.29, 1.82) is 5.26 Å². The summed E-state index contributed by atoms with van der Waals surface area (Å²) in [4.78, 5) is 49.0. The van der Waals surface area contributed by atoms with Gasteiger partial charge in [0.15, 0.2) is 0 Å². The van der Waals surface area contributed by atoms with E-state index in [-0.39, 0.29) is 36.0 Å². The zero-order valence-corrected chi connectivity index (χ0v) is 18.9. The Labute approximate surface area is 201 Å². The average molecular weight is 467 g/mol. The molecule has 4 heterocycles. The van der Waals surface area contributed by atoms with E-state index in [1.54, 1.807) is 41.2 Å². The fourth-order valence-electron chi connectivity index (χ4n) is 5.67. The van der Waals surface area contributed by atoms with Gasteiger partial charge < -0.3 is 14.5 Å². The first kappa shape index (κ1) is 21.1. The molecule has 2 aromatic carbocycles. The number of nitriles is 1. The summed E-state index contributed by atoms with van der Waals surface area (Å²) in [5.74, 6) is 0.243. The molecule has 9 heteroatoms. The molecule has 3 saturated heterocycles. The number of pyridine rings is 1. The van der Waals surface area contributed by atoms with Crippen LogP contribution in [0, 0.1) is 11.3 Å². The Balaban J connectivity index is 1.30. The van der Waals surface area contributed by atoms with Crippen LogP contribution in [0.15, 0.2) is 54.7 Å². The number of amides is 4. The van der Waals surface area contributed by atoms with Crippen LogP contribution in [-0.2, 0) is 16.0 Å². The minimum atomic E-state index is -0.718. The van der Waals surface area contributed by atoms with Crippen molar-refractivity contribution < 1.29 is 19.1 Å². The second-order valence-corrected chi connectivity index (χ2v) is 8.99. The number of hydrogen-bond acceptors (Lipinski definition) is 6. The minimum Gasteiger partial charge on any atom is -0.497 e. The highest BCUT2D eigenvalue weighted by atomic mass is 16.5. The van der Waals surface area contributed by atoms with Gasteiger partial charge in [-0.25, -0.2) is 14.7 Å². The Morgan fingerprint density at radius 3 is 2.74 bits per heavy atom. The molecule has 0 aliphatic carbocycles. The van der Waals surface area contributed by atoms with E-state index in [1.165, 1.54) is 6.20 Å². The molecule has 3 fully saturated rings. The number of anilines is 1. The third-order valence-corrected chi connectivity index (χ3v) is 7.20. The molecule has 0 radical (unpaired) electrons. The minimum absolute atomic E-state index is 0.0745. The second-order valence-electron chi connectivity index (χ2n) is 8.99. The Morgan fingerprint density at radius 2 is 1.97 bits per heavy atom. The Hall–Kier alpha value is -4.45. The molecule has 2 bridgehead atoms. The summed E-state index contributed by atoms with van der Waals surface area (Å²) in [6, 6.07) is 14.8. The normalized spacial score (nSPS) is 22.6. The molecule has 9 nitrogen and oxygen atoms in total. The van der Waals surface area contributed by atoms with Crippen LogP contribution < -0.4 is 9.64 Å². The van der Waals surface area contributed by atoms with E-state index in [9.17, 15) is 19.6 Å². The lowest BCUT2D eigenvalue weighted by atomic mass is 10.1. The van der Waals surface area contributed by atoms with E-state index >= 15 is 0 Å². The first-order valence-electron chi connectivity index (χ1n) is 11.4. The summed E-state index contributed by atoms with van der Waals surface area (Å²) in [5, 5.41) is 10.6. The van der Waals surface area contributed by atoms with Gasteiger partial charge in [-0.15, -0.1) is 0 Å². The number of likely N-dealkylation sites (tertiary alicyclic amines) is 1. The molecule has 3 aliphatic heterocycles. The molecule has 35 heavy (non-hydrogen) atoms. The van der Waals surface area contributed by atoms with E-state index in [2.05, 4.69) is 11.1 Å². The van der Waals surface area contributed by atoms with Crippen molar-refractivity contribution in [2.24, 2.45) is 0 Å². The van der Waals surface area contributed by atoms with E-state index in [0.29, 0.717) is 35.2 Å². The molecule has 6 rings (SSSR count). The van der Waals surface area contributed by atoms with Gasteiger partial charge >= 0.3 is 6.03 Å². The zero-order valence-electron chi connectivity index (χ0n) is 18.9. The Morgan fingerprint density at radius 1 is 1.17 bits per heavy atom. The standard InChI is InChI=1S/C26H21N5O4/c1-35-17-6-4-5-15(9-17)10-23(32)29-14-16-11-21(29)24-25(33)31(26(34)30(16)24)22-13-28-20(12-27)18-7-2-3-8-19(18)22/h2-9,13,16,21,24H,10-11,14H2,1H3. The number of benzene rings is 2. The van der Waals surface area contributed by atoms with Gasteiger partial charge in [-0.3, -0.25) is 9.59 Å². The molecule has 1 aromatic heterocycles. The fraction of sp³-hybridized carbons (Fsp3) is 0.269. The smallest absolute Gasteiger partial charge is 0.332 e. The number of methoxy groups -OCH3 is 1. The van der Waals surface area contributed by atoms with Crippen molar-refractivity contribution >= 4 is 34.3 Å². The van der Waals surface area contributed by atoms with Crippen LogP contribution in [0.3, 0.4) is 0 Å². The van der Waals surface area contributed by atoms with Gasteiger partial charge in [-0.1, -0.05) is 36.4 Å². The lowest BCUT2D eigenvalue weighted by Gasteiger charge is -2.35. The van der Waals surface area contributed by atoms with Crippen LogP contribution in [0.2, 0.25) is 0 Å². The fourth-order valence-corrected chi connectivity index (χ4v) is 5.67. The van der Waals surface area contributed by atoms with Gasteiger partial charge in [0.1, 0.15) is 23.6 Å². The number of carbonyl (C=O) groups is 3. The van der Waals surface area contributed by atoms with Gasteiger partial charge in [-0.05, 0) is 24.1 Å². The van der Waals surface area contributed by atoms with E-state index in [0.717, 1.165) is 10.5 Å². The number of fused-ring (bicyclic) bond motifs is 6. The summed E-state index contributed by atoms with van der Waals surface area (Å²) in [6.45, 7) is 0.406. The maximum atomic E-state index is 13.6. The number of aromatic nitrogens is 1. The molecular formula is C26H21N5O4. The predicted molar refractivity (Wildman–Crippen MR) is 126 cm³/mol. The van der Waals surface area contributed by atoms with Crippen molar-refractivity contribution in [3.63, 3.8) is 0 Å². The van der Waals surface area contributed by atoms with Crippen molar-refractivity contribution in [3.8, 4) is 11.8 Å². The number of imide groups is 1. The molecule has 3 aliphatic rings. The number of carbonyl (C=O) groups excluding carboxylic acids is 3. The van der Waals surface area contributed by atoms with E-state index in [1.807, 2.05) is 24.3 Å². The summed E-state index contributed by atoms with van der Waals surface area (Å²) in [6.07, 6.45) is 2.20. The highest BCUT2D eigenvalue weighted by molar-refractivity contribution is 6.25. The van der Waals surface area contributed by atoms with Gasteiger partial charge in [0.05, 0.1) is 37.5 Å². The Kier molecular flexibility index (Phi) is 4.71. The molecule has 4 amide bonds. The maximum Gasteiger partial charge on any atom is 0.332 e. The monoisotopic (exact) mass is 467 g/mol. The Bertz CT molecular complexity index is 1450. The molecule has 174 valence electrons. The van der Waals surface area contributed by atoms with Gasteiger partial charge in [-0.2, -0.15) is 5.26 Å². The van der Waals surface area contributed by atoms with Gasteiger partial charge in [0.2, 0.25) is 5.91 Å². The maximum absolute atomic E-state index is 13.6. The van der Waals surface area contributed by atoms with Crippen LogP contribution in [0.5, 0.6) is 5.75 Å². The van der Waals surface area contributed by atoms with Gasteiger partial charge in [0.25, 0.3) is 5.91 Å². The van der Waals surface area contributed by atoms with E-state index < -0.39 is 12.1 Å². The molecule has 0 spiro atoms. The summed E-state index contributed by atoms with van der Waals surface area (Å²) >= 11 is 0. The third-order valence-electron chi connectivity index (χ3n) is 7.20. The third kappa shape index (κ3) is 3.06. The van der Waals surface area contributed by atoms with Crippen LogP contribution >= 0.6 is 0 Å². The lowest BCUT2D eigenvalue weighted by molar-refractivity contribution is -0.135. The topological polar surface area (TPSA) is 107 Å². The molecule has 3 atom stereocenters. The summed E-state index contributed by atoms with van der Waals surface area (Å²) < 4.78 is 5.25. The number of ether oxygens (including phenoxy) is 1. The SMILES string of the molecule is COc1cccc(CC(=O)N2CC3CC2C2C(=O)N(c4cnc(C#N)c5ccccc45)C(=O)N32)c1. The first-order chi connectivity index (χ1) is 17.0. The van der Waals surface area contributed by atoms with E-state index in [4.69, 9.17) is 4.74 Å².